The van der Waals surface area contributed by atoms with Gasteiger partial charge in [-0.15, -0.1) is 11.3 Å². The second-order valence-corrected chi connectivity index (χ2v) is 6.61. The van der Waals surface area contributed by atoms with E-state index in [9.17, 15) is 9.59 Å². The lowest BCUT2D eigenvalue weighted by atomic mass is 10.1. The predicted octanol–water partition coefficient (Wildman–Crippen LogP) is 1.73. The fraction of sp³-hybridized carbons (Fsp3) is 0.412. The first-order chi connectivity index (χ1) is 11.7. The molecule has 3 heterocycles. The zero-order chi connectivity index (χ0) is 16.9. The van der Waals surface area contributed by atoms with Gasteiger partial charge in [0.05, 0.1) is 11.6 Å². The topological polar surface area (TPSA) is 75.2 Å². The van der Waals surface area contributed by atoms with Gasteiger partial charge >= 0.3 is 0 Å². The summed E-state index contributed by atoms with van der Waals surface area (Å²) in [5, 5.41) is 5.89. The van der Waals surface area contributed by atoms with E-state index in [1.54, 1.807) is 28.6 Å². The Morgan fingerprint density at radius 2 is 2.21 bits per heavy atom. The maximum Gasteiger partial charge on any atom is 0.225 e. The second kappa shape index (κ2) is 7.53. The van der Waals surface area contributed by atoms with Gasteiger partial charge in [-0.2, -0.15) is 0 Å². The van der Waals surface area contributed by atoms with Crippen LogP contribution in [0, 0.1) is 5.92 Å². The molecule has 1 saturated heterocycles. The highest BCUT2D eigenvalue weighted by molar-refractivity contribution is 7.13. The summed E-state index contributed by atoms with van der Waals surface area (Å²) < 4.78 is 0. The summed E-state index contributed by atoms with van der Waals surface area (Å²) in [6.45, 7) is 3.67. The maximum absolute atomic E-state index is 12.2. The molecule has 2 aromatic rings. The van der Waals surface area contributed by atoms with Crippen LogP contribution in [-0.2, 0) is 16.0 Å². The SMILES string of the molecule is CCN1C[C@H](C(=O)NCCc2csc(-c3ccncc3)n2)CC1=O. The molecule has 0 bridgehead atoms. The number of carbonyl (C=O) groups excluding carboxylic acids is 2. The van der Waals surface area contributed by atoms with Crippen LogP contribution in [0.2, 0.25) is 0 Å². The first kappa shape index (κ1) is 16.6. The molecule has 6 nitrogen and oxygen atoms in total. The molecule has 1 aliphatic rings. The van der Waals surface area contributed by atoms with Crippen LogP contribution in [0.1, 0.15) is 19.0 Å². The van der Waals surface area contributed by atoms with Gasteiger partial charge in [-0.1, -0.05) is 0 Å². The van der Waals surface area contributed by atoms with Crippen molar-refractivity contribution in [2.75, 3.05) is 19.6 Å². The number of aromatic nitrogens is 2. The lowest BCUT2D eigenvalue weighted by Crippen LogP contribution is -2.34. The zero-order valence-corrected chi connectivity index (χ0v) is 14.4. The highest BCUT2D eigenvalue weighted by atomic mass is 32.1. The van der Waals surface area contributed by atoms with E-state index in [1.165, 1.54) is 0 Å². The van der Waals surface area contributed by atoms with E-state index < -0.39 is 0 Å². The third kappa shape index (κ3) is 3.79. The van der Waals surface area contributed by atoms with Crippen LogP contribution < -0.4 is 5.32 Å². The zero-order valence-electron chi connectivity index (χ0n) is 13.6. The number of pyridine rings is 1. The van der Waals surface area contributed by atoms with Crippen molar-refractivity contribution < 1.29 is 9.59 Å². The number of likely N-dealkylation sites (tertiary alicyclic amines) is 1. The van der Waals surface area contributed by atoms with Gasteiger partial charge in [-0.25, -0.2) is 4.98 Å². The maximum atomic E-state index is 12.2. The van der Waals surface area contributed by atoms with E-state index in [2.05, 4.69) is 15.3 Å². The van der Waals surface area contributed by atoms with Crippen LogP contribution in [0.25, 0.3) is 10.6 Å². The highest BCUT2D eigenvalue weighted by Crippen LogP contribution is 2.23. The summed E-state index contributed by atoms with van der Waals surface area (Å²) in [4.78, 5) is 34.2. The Balaban J connectivity index is 1.48. The molecule has 1 atom stereocenters. The van der Waals surface area contributed by atoms with E-state index in [4.69, 9.17) is 0 Å². The van der Waals surface area contributed by atoms with Crippen molar-refractivity contribution >= 4 is 23.2 Å². The minimum absolute atomic E-state index is 0.0381. The van der Waals surface area contributed by atoms with Crippen molar-refractivity contribution in [2.45, 2.75) is 19.8 Å². The monoisotopic (exact) mass is 344 g/mol. The van der Waals surface area contributed by atoms with Crippen molar-refractivity contribution in [3.63, 3.8) is 0 Å². The normalized spacial score (nSPS) is 17.3. The molecule has 1 N–H and O–H groups in total. The number of nitrogens with one attached hydrogen (secondary N) is 1. The summed E-state index contributed by atoms with van der Waals surface area (Å²) >= 11 is 1.59. The van der Waals surface area contributed by atoms with Crippen molar-refractivity contribution in [1.29, 1.82) is 0 Å². The molecule has 0 aliphatic carbocycles. The summed E-state index contributed by atoms with van der Waals surface area (Å²) in [7, 11) is 0. The first-order valence-corrected chi connectivity index (χ1v) is 8.95. The fourth-order valence-corrected chi connectivity index (χ4v) is 3.62. The Labute approximate surface area is 144 Å². The van der Waals surface area contributed by atoms with Crippen LogP contribution in [0.5, 0.6) is 0 Å². The molecule has 3 rings (SSSR count). The van der Waals surface area contributed by atoms with E-state index in [0.29, 0.717) is 32.5 Å². The quantitative estimate of drug-likeness (QED) is 0.866. The Hall–Kier alpha value is -2.28. The molecule has 0 saturated carbocycles. The molecule has 0 unspecified atom stereocenters. The molecule has 1 aliphatic heterocycles. The lowest BCUT2D eigenvalue weighted by molar-refractivity contribution is -0.128. The van der Waals surface area contributed by atoms with Crippen molar-refractivity contribution in [2.24, 2.45) is 5.92 Å². The summed E-state index contributed by atoms with van der Waals surface area (Å²) in [5.74, 6) is -0.191. The minimum Gasteiger partial charge on any atom is -0.355 e. The van der Waals surface area contributed by atoms with Crippen LogP contribution in [0.3, 0.4) is 0 Å². The second-order valence-electron chi connectivity index (χ2n) is 5.75. The molecule has 2 aromatic heterocycles. The van der Waals surface area contributed by atoms with Crippen LogP contribution in [0.4, 0.5) is 0 Å². The smallest absolute Gasteiger partial charge is 0.225 e. The Morgan fingerprint density at radius 3 is 2.92 bits per heavy atom. The average Bonchev–Trinajstić information content (AvgIpc) is 3.22. The van der Waals surface area contributed by atoms with Gasteiger partial charge in [0.2, 0.25) is 11.8 Å². The number of carbonyl (C=O) groups is 2. The summed E-state index contributed by atoms with van der Waals surface area (Å²) in [5.41, 5.74) is 2.01. The van der Waals surface area contributed by atoms with Crippen molar-refractivity contribution in [3.8, 4) is 10.6 Å². The number of hydrogen-bond donors (Lipinski definition) is 1. The van der Waals surface area contributed by atoms with E-state index in [-0.39, 0.29) is 17.7 Å². The van der Waals surface area contributed by atoms with Crippen LogP contribution in [0.15, 0.2) is 29.9 Å². The van der Waals surface area contributed by atoms with Gasteiger partial charge < -0.3 is 10.2 Å². The number of thiazole rings is 1. The average molecular weight is 344 g/mol. The first-order valence-electron chi connectivity index (χ1n) is 8.07. The number of nitrogens with zero attached hydrogens (tertiary/aromatic N) is 3. The van der Waals surface area contributed by atoms with Crippen LogP contribution >= 0.6 is 11.3 Å². The molecule has 7 heteroatoms. The van der Waals surface area contributed by atoms with Gasteiger partial charge in [0.25, 0.3) is 0 Å². The van der Waals surface area contributed by atoms with Crippen LogP contribution in [-0.4, -0.2) is 46.3 Å². The Bertz CT molecular complexity index is 716. The number of rotatable bonds is 6. The summed E-state index contributed by atoms with van der Waals surface area (Å²) in [6.07, 6.45) is 4.51. The minimum atomic E-state index is -0.222. The lowest BCUT2D eigenvalue weighted by Gasteiger charge is -2.13. The van der Waals surface area contributed by atoms with E-state index >= 15 is 0 Å². The van der Waals surface area contributed by atoms with Gasteiger partial charge in [0.15, 0.2) is 0 Å². The third-order valence-electron chi connectivity index (χ3n) is 4.13. The molecule has 24 heavy (non-hydrogen) atoms. The molecule has 0 aromatic carbocycles. The third-order valence-corrected chi connectivity index (χ3v) is 5.07. The molecule has 126 valence electrons. The standard InChI is InChI=1S/C17H20N4O2S/c1-2-21-10-13(9-15(21)22)16(23)19-8-5-14-11-24-17(20-14)12-3-6-18-7-4-12/h3-4,6-7,11,13H,2,5,8-10H2,1H3,(H,19,23)/t13-/m1/s1. The van der Waals surface area contributed by atoms with E-state index in [1.807, 2.05) is 24.4 Å². The fourth-order valence-electron chi connectivity index (χ4n) is 2.76. The van der Waals surface area contributed by atoms with Gasteiger partial charge in [-0.3, -0.25) is 14.6 Å². The Morgan fingerprint density at radius 1 is 1.42 bits per heavy atom. The molecule has 2 amide bonds. The molecule has 1 fully saturated rings. The van der Waals surface area contributed by atoms with Crippen molar-refractivity contribution in [1.82, 2.24) is 20.2 Å². The highest BCUT2D eigenvalue weighted by Gasteiger charge is 2.33. The molecule has 0 radical (unpaired) electrons. The van der Waals surface area contributed by atoms with Gasteiger partial charge in [0.1, 0.15) is 5.01 Å². The largest absolute Gasteiger partial charge is 0.355 e. The predicted molar refractivity (Wildman–Crippen MR) is 92.4 cm³/mol. The van der Waals surface area contributed by atoms with Crippen molar-refractivity contribution in [3.05, 3.63) is 35.6 Å². The van der Waals surface area contributed by atoms with E-state index in [0.717, 1.165) is 16.3 Å². The number of hydrogen-bond acceptors (Lipinski definition) is 5. The summed E-state index contributed by atoms with van der Waals surface area (Å²) in [6, 6.07) is 3.86. The number of amides is 2. The molecular weight excluding hydrogens is 324 g/mol. The van der Waals surface area contributed by atoms with Gasteiger partial charge in [-0.05, 0) is 19.1 Å². The molecule has 0 spiro atoms. The van der Waals surface area contributed by atoms with Gasteiger partial charge in [0, 0.05) is 55.8 Å². The Kier molecular flexibility index (Phi) is 5.20. The molecular formula is C17H20N4O2S.